The number of H-pyrrole nitrogens is 1. The molecule has 6 heterocycles. The van der Waals surface area contributed by atoms with E-state index in [4.69, 9.17) is 17.7 Å². The van der Waals surface area contributed by atoms with Gasteiger partial charge in [0.25, 0.3) is 11.8 Å². The van der Waals surface area contributed by atoms with Crippen LogP contribution in [0.25, 0.3) is 21.3 Å². The molecule has 2 amide bonds. The van der Waals surface area contributed by atoms with Crippen molar-refractivity contribution < 1.29 is 41.9 Å². The molecule has 3 fully saturated rings. The molecule has 69 heavy (non-hydrogen) atoms. The van der Waals surface area contributed by atoms with E-state index in [1.54, 1.807) is 7.11 Å². The summed E-state index contributed by atoms with van der Waals surface area (Å²) in [6.07, 6.45) is 5.19. The van der Waals surface area contributed by atoms with Gasteiger partial charge in [-0.3, -0.25) is 24.2 Å². The average molecular weight is 946 g/mol. The summed E-state index contributed by atoms with van der Waals surface area (Å²) < 4.78 is 28.7. The zero-order valence-corrected chi connectivity index (χ0v) is 39.8. The second-order valence-electron chi connectivity index (χ2n) is 20.2. The molecule has 1 spiro atoms. The number of hydrogen-bond donors (Lipinski definition) is 6. The van der Waals surface area contributed by atoms with E-state index in [2.05, 4.69) is 47.6 Å². The minimum Gasteiger partial charge on any atom is -0.496 e. The quantitative estimate of drug-likeness (QED) is 0.0301. The molecular weight excluding hydrogens is 879 g/mol. The van der Waals surface area contributed by atoms with Crippen LogP contribution in [0.5, 0.6) is 5.75 Å². The molecule has 4 aromatic rings. The van der Waals surface area contributed by atoms with E-state index in [-0.39, 0.29) is 54.8 Å². The van der Waals surface area contributed by atoms with Crippen LogP contribution in [0, 0.1) is 11.3 Å². The summed E-state index contributed by atoms with van der Waals surface area (Å²) in [4.78, 5) is 56.7. The Morgan fingerprint density at radius 2 is 1.78 bits per heavy atom. The number of esters is 1. The second kappa shape index (κ2) is 17.2. The normalized spacial score (nSPS) is 33.5. The largest absolute Gasteiger partial charge is 0.496 e. The molecule has 1 saturated carbocycles. The lowest BCUT2D eigenvalue weighted by Gasteiger charge is -2.63. The van der Waals surface area contributed by atoms with Crippen LogP contribution in [0.4, 0.5) is 11.4 Å². The maximum absolute atomic E-state index is 15.5. The number of aliphatic hydroxyl groups is 3. The molecule has 1 aromatic heterocycles. The van der Waals surface area contributed by atoms with Gasteiger partial charge in [0, 0.05) is 113 Å². The number of aromatic amines is 1. The van der Waals surface area contributed by atoms with E-state index in [9.17, 15) is 20.1 Å². The molecule has 2 bridgehead atoms. The third kappa shape index (κ3) is 6.75. The van der Waals surface area contributed by atoms with Gasteiger partial charge in [0.2, 0.25) is 0 Å². The molecule has 2 unspecified atom stereocenters. The number of benzene rings is 3. The number of hydrogen-bond acceptors (Lipinski definition) is 12. The van der Waals surface area contributed by atoms with Crippen molar-refractivity contribution in [2.75, 3.05) is 72.0 Å². The summed E-state index contributed by atoms with van der Waals surface area (Å²) in [6, 6.07) is 12.4. The number of amides is 2. The van der Waals surface area contributed by atoms with Gasteiger partial charge in [-0.2, -0.15) is 0 Å². The number of rotatable bonds is 11. The van der Waals surface area contributed by atoms with Gasteiger partial charge in [-0.05, 0) is 91.9 Å². The third-order valence-electron chi connectivity index (χ3n) is 17.0. The third-order valence-corrected chi connectivity index (χ3v) is 17.0. The van der Waals surface area contributed by atoms with Crippen molar-refractivity contribution in [1.29, 1.82) is 0 Å². The summed E-state index contributed by atoms with van der Waals surface area (Å²) >= 11 is 0. The molecule has 0 radical (unpaired) electrons. The summed E-state index contributed by atoms with van der Waals surface area (Å²) in [5.41, 5.74) is 6.26. The van der Waals surface area contributed by atoms with Gasteiger partial charge in [0.05, 0.1) is 28.6 Å². The number of carbonyl (C=O) groups excluding carboxylic acids is 3. The number of para-hydroxylation sites is 1. The smallest absolute Gasteiger partial charge is 0.322 e. The fraction of sp³-hybridized carbons (Fsp3) is 0.519. The Hall–Kier alpha value is -5.94. The molecule has 5 aliphatic heterocycles. The zero-order valence-electron chi connectivity index (χ0n) is 41.8. The van der Waals surface area contributed by atoms with Crippen LogP contribution in [0.15, 0.2) is 77.9 Å². The highest BCUT2D eigenvalue weighted by molar-refractivity contribution is 5.96. The monoisotopic (exact) mass is 945 g/mol. The summed E-state index contributed by atoms with van der Waals surface area (Å²) in [5.74, 6) is -1.67. The first-order chi connectivity index (χ1) is 34.0. The number of piperidine rings is 1. The number of methoxy groups -OCH3 is 2. The second-order valence-corrected chi connectivity index (χ2v) is 20.2. The first-order valence-electron chi connectivity index (χ1n) is 25.2. The molecule has 10 atom stereocenters. The fourth-order valence-electron chi connectivity index (χ4n) is 14.2. The van der Waals surface area contributed by atoms with Gasteiger partial charge in [-0.1, -0.05) is 61.4 Å². The van der Waals surface area contributed by atoms with Crippen LogP contribution in [-0.4, -0.2) is 144 Å². The number of anilines is 1. The standard InChI is InChI=1S/C52H63N9O8/c1-6-48(66)27-31-28-51(47(65)69-5,41-35(17-23-60(29-31)30-48)34-11-8-9-12-38(34)56-41)37-25-36-39(26-40(37)68-4)59(3)44-50(36)19-24-61-22-10-18-49(7-2,43(50)61)45(63)52(44,67)46(64)55-21-20-54-42(62)32-13-15-33(16-14-32)57-58-53/h8-16,18,25-26,31,43-45,56,63,66-67H,6-7,17,19-24,27-30H2,1-5H3,(H,54,62)(H,55,64)/t31-,43+,44-,45-,48+,49-,50?,51+,52+/m1/s1/i15T,16T. The highest BCUT2D eigenvalue weighted by Crippen LogP contribution is 2.67. The number of nitrogens with zero attached hydrogens (tertiary/aromatic N) is 6. The molecular formula is C52H63N9O8. The highest BCUT2D eigenvalue weighted by Gasteiger charge is 2.78. The lowest BCUT2D eigenvalue weighted by molar-refractivity contribution is -0.203. The van der Waals surface area contributed by atoms with Crippen LogP contribution >= 0.6 is 0 Å². The summed E-state index contributed by atoms with van der Waals surface area (Å²) in [6.45, 7) is 6.80. The van der Waals surface area contributed by atoms with Crippen LogP contribution < -0.4 is 20.3 Å². The van der Waals surface area contributed by atoms with Crippen LogP contribution in [-0.2, 0) is 31.6 Å². The number of aromatic nitrogens is 1. The van der Waals surface area contributed by atoms with Crippen molar-refractivity contribution in [3.8, 4) is 5.75 Å². The van der Waals surface area contributed by atoms with Crippen molar-refractivity contribution in [3.05, 3.63) is 111 Å². The molecule has 3 aromatic carbocycles. The minimum absolute atomic E-state index is 0.00896. The Balaban J connectivity index is 1.10. The highest BCUT2D eigenvalue weighted by atomic mass is 16.5. The summed E-state index contributed by atoms with van der Waals surface area (Å²) in [7, 11) is 4.81. The van der Waals surface area contributed by atoms with E-state index < -0.39 is 57.4 Å². The average Bonchev–Trinajstić information content (AvgIpc) is 4.03. The Bertz CT molecular complexity index is 2900. The Kier molecular flexibility index (Phi) is 11.0. The predicted molar refractivity (Wildman–Crippen MR) is 259 cm³/mol. The van der Waals surface area contributed by atoms with Crippen molar-refractivity contribution in [1.82, 2.24) is 25.4 Å². The van der Waals surface area contributed by atoms with E-state index in [1.807, 2.05) is 62.2 Å². The summed E-state index contributed by atoms with van der Waals surface area (Å²) in [5, 5.41) is 48.4. The van der Waals surface area contributed by atoms with Crippen molar-refractivity contribution in [2.24, 2.45) is 16.4 Å². The number of nitrogens with one attached hydrogen (secondary N) is 3. The molecule has 6 aliphatic rings. The fourth-order valence-corrected chi connectivity index (χ4v) is 14.2. The van der Waals surface area contributed by atoms with Crippen LogP contribution in [0.1, 0.15) is 81.4 Å². The number of carbonyl (C=O) groups is 3. The van der Waals surface area contributed by atoms with Gasteiger partial charge >= 0.3 is 5.97 Å². The molecule has 364 valence electrons. The molecule has 10 rings (SSSR count). The molecule has 1 aliphatic carbocycles. The molecule has 6 N–H and O–H groups in total. The van der Waals surface area contributed by atoms with Crippen molar-refractivity contribution >= 4 is 40.1 Å². The van der Waals surface area contributed by atoms with Gasteiger partial charge in [0.1, 0.15) is 17.3 Å². The molecule has 2 saturated heterocycles. The van der Waals surface area contributed by atoms with E-state index in [0.29, 0.717) is 87.5 Å². The van der Waals surface area contributed by atoms with Crippen molar-refractivity contribution in [2.45, 2.75) is 92.6 Å². The molecule has 17 heteroatoms. The maximum atomic E-state index is 15.5. The number of ether oxygens (including phenoxy) is 2. The van der Waals surface area contributed by atoms with Gasteiger partial charge in [-0.25, -0.2) is 0 Å². The van der Waals surface area contributed by atoms with Gasteiger partial charge in [-0.15, -0.1) is 0 Å². The van der Waals surface area contributed by atoms with Crippen LogP contribution in [0.3, 0.4) is 0 Å². The lowest BCUT2D eigenvalue weighted by Crippen LogP contribution is -2.81. The van der Waals surface area contributed by atoms with E-state index >= 15 is 9.59 Å². The van der Waals surface area contributed by atoms with E-state index in [1.165, 1.54) is 19.2 Å². The lowest BCUT2D eigenvalue weighted by atomic mass is 9.47. The first-order valence-corrected chi connectivity index (χ1v) is 24.2. The Morgan fingerprint density at radius 1 is 1.01 bits per heavy atom. The molecule has 17 nitrogen and oxygen atoms in total. The number of aliphatic hydroxyl groups excluding tert-OH is 1. The number of fused-ring (bicyclic) bond motifs is 6. The number of likely N-dealkylation sites (N-methyl/N-ethyl adjacent to an activating group) is 1. The number of azide groups is 1. The van der Waals surface area contributed by atoms with Crippen molar-refractivity contribution in [3.63, 3.8) is 0 Å². The topological polar surface area (TPSA) is 229 Å². The van der Waals surface area contributed by atoms with E-state index in [0.717, 1.165) is 22.0 Å². The SMILES string of the molecule is [3H]c1cc(C(=O)NCCNC(=O)[C@]2(O)[C@@H]3N(C)c4cc(OC)c([C@@]5(C(=O)OC)C[C@@H]6CN(CCc7c5[nH]c5ccccc75)C[C@](O)(CC)C6)cc4C34CCN3CC=C[C@](CC)([C@H]34)[C@H]2O)cc([3H])c1N=[N+]=[N-]. The Labute approximate surface area is 404 Å². The Morgan fingerprint density at radius 3 is 2.51 bits per heavy atom. The maximum Gasteiger partial charge on any atom is 0.322 e. The minimum atomic E-state index is -2.44. The van der Waals surface area contributed by atoms with Gasteiger partial charge in [0.15, 0.2) is 5.60 Å². The van der Waals surface area contributed by atoms with Gasteiger partial charge < -0.3 is 45.3 Å². The first kappa shape index (κ1) is 44.3. The predicted octanol–water partition coefficient (Wildman–Crippen LogP) is 4.74. The van der Waals surface area contributed by atoms with Crippen LogP contribution in [0.2, 0.25) is 0 Å². The zero-order chi connectivity index (χ0) is 50.4.